The molecule has 2 heterocycles. The first-order chi connectivity index (χ1) is 22.2. The average Bonchev–Trinajstić information content (AvgIpc) is 3.41. The van der Waals surface area contributed by atoms with Crippen LogP contribution in [0.15, 0.2) is 88.6 Å². The lowest BCUT2D eigenvalue weighted by Gasteiger charge is -2.32. The lowest BCUT2D eigenvalue weighted by Crippen LogP contribution is -2.48. The summed E-state index contributed by atoms with van der Waals surface area (Å²) in [4.78, 5) is 38.2. The van der Waals surface area contributed by atoms with Crippen LogP contribution < -0.4 is 20.9 Å². The van der Waals surface area contributed by atoms with Crippen molar-refractivity contribution in [2.45, 2.75) is 56.7 Å². The molecule has 4 aromatic rings. The van der Waals surface area contributed by atoms with Crippen LogP contribution in [0.1, 0.15) is 25.1 Å². The predicted molar refractivity (Wildman–Crippen MR) is 158 cm³/mol. The van der Waals surface area contributed by atoms with E-state index in [1.807, 2.05) is 0 Å². The highest BCUT2D eigenvalue weighted by Gasteiger charge is 2.56. The monoisotopic (exact) mass is 681 g/mol. The molecule has 47 heavy (non-hydrogen) atoms. The topological polar surface area (TPSA) is 158 Å². The second-order valence-electron chi connectivity index (χ2n) is 10.6. The van der Waals surface area contributed by atoms with Gasteiger partial charge in [-0.15, -0.1) is 0 Å². The highest BCUT2D eigenvalue weighted by Crippen LogP contribution is 2.51. The van der Waals surface area contributed by atoms with Crippen molar-refractivity contribution in [2.75, 3.05) is 0 Å². The fourth-order valence-corrected chi connectivity index (χ4v) is 6.57. The summed E-state index contributed by atoms with van der Waals surface area (Å²) in [5, 5.41) is 13.8. The second kappa shape index (κ2) is 13.8. The molecule has 250 valence electrons. The number of rotatable bonds is 11. The highest BCUT2D eigenvalue weighted by molar-refractivity contribution is 7.52. The molecule has 0 unspecified atom stereocenters. The Hall–Kier alpha value is -4.34. The third kappa shape index (κ3) is 7.97. The zero-order chi connectivity index (χ0) is 33.9. The van der Waals surface area contributed by atoms with Crippen LogP contribution in [0.2, 0.25) is 0 Å². The van der Waals surface area contributed by atoms with Gasteiger partial charge >= 0.3 is 25.6 Å². The number of hydrogen-bond donors (Lipinski definition) is 3. The molecule has 0 spiro atoms. The Morgan fingerprint density at radius 3 is 2.51 bits per heavy atom. The number of aliphatic hydroxyl groups is 1. The first kappa shape index (κ1) is 34.0. The fourth-order valence-electron chi connectivity index (χ4n) is 4.88. The number of nitrogens with zero attached hydrogens (tertiary/aromatic N) is 1. The van der Waals surface area contributed by atoms with Crippen LogP contribution in [-0.4, -0.2) is 51.2 Å². The molecule has 0 bridgehead atoms. The molecule has 1 aliphatic rings. The standard InChI is InChI=1S/C30H28F4N3O9P/c1-17(28(40)43-16-18-8-3-2-4-9-18)36-47(42,45-23-13-7-11-19-10-5-6-12-20(19)23)46-26(30(32,33)34)25-22(38)14-24(44-25)37-15-21(31)27(39)35-29(37)41/h2-13,15,17,22,24-26,38H,14,16H2,1H3,(H,36,42)(H,35,39,41)/t17-,22-,24+,25-,26-,47-/m0/s1. The Kier molecular flexibility index (Phi) is 9.98. The molecular weight excluding hydrogens is 653 g/mol. The van der Waals surface area contributed by atoms with Crippen molar-refractivity contribution >= 4 is 24.5 Å². The van der Waals surface area contributed by atoms with Gasteiger partial charge < -0.3 is 19.1 Å². The molecule has 3 aromatic carbocycles. The highest BCUT2D eigenvalue weighted by atomic mass is 31.2. The summed E-state index contributed by atoms with van der Waals surface area (Å²) in [6, 6.07) is 18.0. The minimum absolute atomic E-state index is 0.161. The molecule has 0 radical (unpaired) electrons. The van der Waals surface area contributed by atoms with E-state index in [-0.39, 0.29) is 12.4 Å². The van der Waals surface area contributed by atoms with Crippen LogP contribution >= 0.6 is 7.75 Å². The molecule has 0 amide bonds. The summed E-state index contributed by atoms with van der Waals surface area (Å²) >= 11 is 0. The van der Waals surface area contributed by atoms with Gasteiger partial charge in [0.25, 0.3) is 5.56 Å². The van der Waals surface area contributed by atoms with Gasteiger partial charge in [0.15, 0.2) is 6.10 Å². The maximum atomic E-state index is 14.6. The molecule has 3 N–H and O–H groups in total. The number of fused-ring (bicyclic) bond motifs is 1. The number of ether oxygens (including phenoxy) is 2. The van der Waals surface area contributed by atoms with Gasteiger partial charge in [-0.2, -0.15) is 22.6 Å². The number of carbonyl (C=O) groups is 1. The van der Waals surface area contributed by atoms with Gasteiger partial charge in [0.2, 0.25) is 5.82 Å². The third-order valence-corrected chi connectivity index (χ3v) is 8.79. The number of aromatic amines is 1. The van der Waals surface area contributed by atoms with Gasteiger partial charge in [-0.3, -0.25) is 23.7 Å². The Bertz CT molecular complexity index is 1900. The van der Waals surface area contributed by atoms with Gasteiger partial charge in [0.05, 0.1) is 12.3 Å². The number of halogens is 4. The third-order valence-electron chi connectivity index (χ3n) is 7.14. The summed E-state index contributed by atoms with van der Waals surface area (Å²) in [6.07, 6.45) is -14.8. The Morgan fingerprint density at radius 1 is 1.11 bits per heavy atom. The van der Waals surface area contributed by atoms with Crippen LogP contribution in [0.25, 0.3) is 10.8 Å². The smallest absolute Gasteiger partial charge is 0.460 e. The molecule has 1 fully saturated rings. The van der Waals surface area contributed by atoms with Crippen molar-refractivity contribution in [1.29, 1.82) is 0 Å². The van der Waals surface area contributed by atoms with Crippen molar-refractivity contribution in [3.8, 4) is 5.75 Å². The number of carbonyl (C=O) groups excluding carboxylic acids is 1. The van der Waals surface area contributed by atoms with Gasteiger partial charge in [0, 0.05) is 11.8 Å². The average molecular weight is 682 g/mol. The quantitative estimate of drug-likeness (QED) is 0.118. The van der Waals surface area contributed by atoms with E-state index in [0.29, 0.717) is 27.1 Å². The van der Waals surface area contributed by atoms with Gasteiger partial charge in [-0.25, -0.2) is 9.36 Å². The zero-order valence-corrected chi connectivity index (χ0v) is 25.3. The van der Waals surface area contributed by atoms with Gasteiger partial charge in [-0.1, -0.05) is 66.7 Å². The van der Waals surface area contributed by atoms with Crippen LogP contribution in [-0.2, 0) is 30.0 Å². The van der Waals surface area contributed by atoms with E-state index < -0.39 is 74.0 Å². The summed E-state index contributed by atoms with van der Waals surface area (Å²) in [7, 11) is -5.24. The first-order valence-electron chi connectivity index (χ1n) is 14.1. The molecule has 1 saturated heterocycles. The lowest BCUT2D eigenvalue weighted by molar-refractivity contribution is -0.237. The van der Waals surface area contributed by atoms with Gasteiger partial charge in [0.1, 0.15) is 30.7 Å². The van der Waals surface area contributed by atoms with Gasteiger partial charge in [-0.05, 0) is 23.9 Å². The number of esters is 1. The maximum Gasteiger partial charge on any atom is 0.460 e. The van der Waals surface area contributed by atoms with Crippen LogP contribution in [0.4, 0.5) is 17.6 Å². The van der Waals surface area contributed by atoms with E-state index in [0.717, 1.165) is 0 Å². The van der Waals surface area contributed by atoms with Crippen molar-refractivity contribution in [3.05, 3.63) is 111 Å². The van der Waals surface area contributed by atoms with Crippen LogP contribution in [0.5, 0.6) is 5.75 Å². The summed E-state index contributed by atoms with van der Waals surface area (Å²) in [5.74, 6) is -2.59. The van der Waals surface area contributed by atoms with Crippen molar-refractivity contribution < 1.29 is 50.5 Å². The number of H-pyrrole nitrogens is 1. The SMILES string of the molecule is C[C@H](N[P@](=O)(Oc1cccc2ccccc12)O[C@@H]([C@H]1O[C@@H](n2cc(F)c(=O)[nH]c2=O)C[C@@H]1O)C(F)(F)F)C(=O)OCc1ccccc1. The summed E-state index contributed by atoms with van der Waals surface area (Å²) < 4.78 is 93.8. The van der Waals surface area contributed by atoms with E-state index >= 15 is 0 Å². The zero-order valence-electron chi connectivity index (χ0n) is 24.4. The second-order valence-corrected chi connectivity index (χ2v) is 12.2. The molecule has 17 heteroatoms. The molecule has 12 nitrogen and oxygen atoms in total. The van der Waals surface area contributed by atoms with Crippen LogP contribution in [0, 0.1) is 5.82 Å². The maximum absolute atomic E-state index is 14.6. The minimum atomic E-state index is -5.38. The van der Waals surface area contributed by atoms with E-state index in [4.69, 9.17) is 18.5 Å². The lowest BCUT2D eigenvalue weighted by atomic mass is 10.1. The van der Waals surface area contributed by atoms with Crippen molar-refractivity contribution in [1.82, 2.24) is 14.6 Å². The minimum Gasteiger partial charge on any atom is -0.460 e. The summed E-state index contributed by atoms with van der Waals surface area (Å²) in [6.45, 7) is 0.979. The molecular formula is C30H28F4N3O9P. The molecule has 6 atom stereocenters. The van der Waals surface area contributed by atoms with E-state index in [1.165, 1.54) is 19.1 Å². The Morgan fingerprint density at radius 2 is 1.79 bits per heavy atom. The van der Waals surface area contributed by atoms with Crippen molar-refractivity contribution in [2.24, 2.45) is 0 Å². The van der Waals surface area contributed by atoms with Crippen molar-refractivity contribution in [3.63, 3.8) is 0 Å². The number of aliphatic hydroxyl groups excluding tert-OH is 1. The number of benzene rings is 3. The fraction of sp³-hybridized carbons (Fsp3) is 0.300. The van der Waals surface area contributed by atoms with E-state index in [1.54, 1.807) is 65.6 Å². The Balaban J connectivity index is 1.45. The largest absolute Gasteiger partial charge is 0.460 e. The molecule has 5 rings (SSSR count). The number of hydrogen-bond acceptors (Lipinski definition) is 9. The number of aromatic nitrogens is 2. The van der Waals surface area contributed by atoms with Crippen LogP contribution in [0.3, 0.4) is 0 Å². The normalized spacial score (nSPS) is 20.8. The van der Waals surface area contributed by atoms with E-state index in [9.17, 15) is 41.6 Å². The predicted octanol–water partition coefficient (Wildman–Crippen LogP) is 4.33. The number of alkyl halides is 3. The molecule has 0 aliphatic carbocycles. The summed E-state index contributed by atoms with van der Waals surface area (Å²) in [5.41, 5.74) is -1.97. The number of nitrogens with one attached hydrogen (secondary N) is 2. The Labute approximate surface area is 263 Å². The first-order valence-corrected chi connectivity index (χ1v) is 15.6. The molecule has 1 aromatic heterocycles. The molecule has 1 aliphatic heterocycles. The molecule has 0 saturated carbocycles. The van der Waals surface area contributed by atoms with E-state index in [2.05, 4.69) is 5.09 Å².